The summed E-state index contributed by atoms with van der Waals surface area (Å²) in [5.74, 6) is 0.883. The van der Waals surface area contributed by atoms with Gasteiger partial charge in [0.25, 0.3) is 0 Å². The van der Waals surface area contributed by atoms with Gasteiger partial charge in [-0.1, -0.05) is 0 Å². The summed E-state index contributed by atoms with van der Waals surface area (Å²) in [5, 5.41) is 6.12. The Kier molecular flexibility index (Phi) is 5.29. The van der Waals surface area contributed by atoms with Gasteiger partial charge in [0.15, 0.2) is 0 Å². The van der Waals surface area contributed by atoms with Crippen LogP contribution in [0.15, 0.2) is 12.4 Å². The minimum Gasteiger partial charge on any atom is -0.369 e. The number of anilines is 1. The van der Waals surface area contributed by atoms with Crippen molar-refractivity contribution in [3.8, 4) is 0 Å². The van der Waals surface area contributed by atoms with Gasteiger partial charge in [0.1, 0.15) is 5.82 Å². The molecule has 110 valence electrons. The zero-order chi connectivity index (χ0) is 14.4. The van der Waals surface area contributed by atoms with Gasteiger partial charge in [-0.15, -0.1) is 0 Å². The highest BCUT2D eigenvalue weighted by Gasteiger charge is 2.19. The zero-order valence-electron chi connectivity index (χ0n) is 12.2. The van der Waals surface area contributed by atoms with Crippen LogP contribution >= 0.6 is 0 Å². The van der Waals surface area contributed by atoms with Crippen molar-refractivity contribution in [3.05, 3.63) is 18.1 Å². The summed E-state index contributed by atoms with van der Waals surface area (Å²) in [4.78, 5) is 22.1. The minimum atomic E-state index is 0.0633. The van der Waals surface area contributed by atoms with Crippen molar-refractivity contribution in [2.75, 3.05) is 25.0 Å². The zero-order valence-corrected chi connectivity index (χ0v) is 12.2. The third-order valence-electron chi connectivity index (χ3n) is 3.44. The largest absolute Gasteiger partial charge is 0.369 e. The summed E-state index contributed by atoms with van der Waals surface area (Å²) in [6, 6.07) is 0.325. The molecule has 2 heterocycles. The number of hydrogen-bond donors (Lipinski definition) is 2. The van der Waals surface area contributed by atoms with E-state index in [1.54, 1.807) is 13.1 Å². The monoisotopic (exact) mass is 277 g/mol. The third-order valence-corrected chi connectivity index (χ3v) is 3.44. The maximum Gasteiger partial charge on any atom is 0.217 e. The molecule has 1 aromatic rings. The predicted molar refractivity (Wildman–Crippen MR) is 78.3 cm³/mol. The second-order valence-corrected chi connectivity index (χ2v) is 5.17. The van der Waals surface area contributed by atoms with Crippen molar-refractivity contribution in [2.24, 2.45) is 0 Å². The molecule has 0 unspecified atom stereocenters. The maximum atomic E-state index is 11.0. The number of aromatic nitrogens is 2. The Morgan fingerprint density at radius 1 is 1.35 bits per heavy atom. The first kappa shape index (κ1) is 14.7. The number of nitrogens with zero attached hydrogens (tertiary/aromatic N) is 3. The van der Waals surface area contributed by atoms with Crippen molar-refractivity contribution in [2.45, 2.75) is 39.3 Å². The second-order valence-electron chi connectivity index (χ2n) is 5.17. The number of nitrogens with one attached hydrogen (secondary N) is 2. The minimum absolute atomic E-state index is 0.0633. The van der Waals surface area contributed by atoms with Gasteiger partial charge in [0, 0.05) is 39.1 Å². The topological polar surface area (TPSA) is 70.2 Å². The molecule has 1 amide bonds. The van der Waals surface area contributed by atoms with E-state index in [1.165, 1.54) is 0 Å². The lowest BCUT2D eigenvalue weighted by molar-refractivity contribution is -0.119. The van der Waals surface area contributed by atoms with Gasteiger partial charge in [0.05, 0.1) is 18.1 Å². The number of piperidine rings is 1. The number of likely N-dealkylation sites (tertiary alicyclic amines) is 1. The number of carbonyl (C=O) groups is 1. The highest BCUT2D eigenvalue weighted by molar-refractivity contribution is 5.73. The van der Waals surface area contributed by atoms with Gasteiger partial charge < -0.3 is 10.6 Å². The molecule has 0 spiro atoms. The standard InChI is InChI=1S/C14H23N5O/c1-3-15-14-9-16-13(8-17-14)10-19-6-4-12(5-7-19)18-11(2)20/h8-9,12H,3-7,10H2,1-2H3,(H,15,17)(H,18,20). The lowest BCUT2D eigenvalue weighted by Crippen LogP contribution is -2.43. The Morgan fingerprint density at radius 2 is 2.10 bits per heavy atom. The first-order valence-corrected chi connectivity index (χ1v) is 7.21. The molecular formula is C14H23N5O. The maximum absolute atomic E-state index is 11.0. The summed E-state index contributed by atoms with van der Waals surface area (Å²) >= 11 is 0. The van der Waals surface area contributed by atoms with Gasteiger partial charge in [-0.05, 0) is 19.8 Å². The normalized spacial score (nSPS) is 16.9. The van der Waals surface area contributed by atoms with Crippen LogP contribution in [0.3, 0.4) is 0 Å². The first-order chi connectivity index (χ1) is 9.67. The van der Waals surface area contributed by atoms with E-state index >= 15 is 0 Å². The van der Waals surface area contributed by atoms with Crippen molar-refractivity contribution in [1.29, 1.82) is 0 Å². The average Bonchev–Trinajstić information content (AvgIpc) is 2.43. The van der Waals surface area contributed by atoms with Crippen LogP contribution in [-0.4, -0.2) is 46.5 Å². The molecule has 6 nitrogen and oxygen atoms in total. The van der Waals surface area contributed by atoms with E-state index in [1.807, 2.05) is 13.1 Å². The van der Waals surface area contributed by atoms with Crippen molar-refractivity contribution in [3.63, 3.8) is 0 Å². The molecular weight excluding hydrogens is 254 g/mol. The first-order valence-electron chi connectivity index (χ1n) is 7.21. The molecule has 0 radical (unpaired) electrons. The van der Waals surface area contributed by atoms with E-state index in [9.17, 15) is 4.79 Å². The van der Waals surface area contributed by atoms with Crippen LogP contribution in [0.1, 0.15) is 32.4 Å². The summed E-state index contributed by atoms with van der Waals surface area (Å²) in [6.45, 7) is 7.27. The van der Waals surface area contributed by atoms with Crippen molar-refractivity contribution < 1.29 is 4.79 Å². The Labute approximate surface area is 120 Å². The van der Waals surface area contributed by atoms with E-state index in [4.69, 9.17) is 0 Å². The highest BCUT2D eigenvalue weighted by atomic mass is 16.1. The molecule has 0 aromatic carbocycles. The van der Waals surface area contributed by atoms with Crippen LogP contribution in [0.2, 0.25) is 0 Å². The molecule has 0 atom stereocenters. The van der Waals surface area contributed by atoms with E-state index in [-0.39, 0.29) is 5.91 Å². The van der Waals surface area contributed by atoms with Crippen LogP contribution in [0.25, 0.3) is 0 Å². The van der Waals surface area contributed by atoms with Crippen LogP contribution in [0.4, 0.5) is 5.82 Å². The lowest BCUT2D eigenvalue weighted by Gasteiger charge is -2.31. The lowest BCUT2D eigenvalue weighted by atomic mass is 10.0. The quantitative estimate of drug-likeness (QED) is 0.840. The van der Waals surface area contributed by atoms with Crippen LogP contribution in [0.5, 0.6) is 0 Å². The molecule has 0 bridgehead atoms. The second kappa shape index (κ2) is 7.19. The molecule has 1 saturated heterocycles. The fraction of sp³-hybridized carbons (Fsp3) is 0.643. The Hall–Kier alpha value is -1.69. The average molecular weight is 277 g/mol. The molecule has 2 N–H and O–H groups in total. The van der Waals surface area contributed by atoms with Gasteiger partial charge in [-0.3, -0.25) is 14.7 Å². The summed E-state index contributed by atoms with van der Waals surface area (Å²) in [6.07, 6.45) is 5.62. The molecule has 2 rings (SSSR count). The van der Waals surface area contributed by atoms with Crippen molar-refractivity contribution >= 4 is 11.7 Å². The molecule has 1 aliphatic rings. The number of hydrogen-bond acceptors (Lipinski definition) is 5. The van der Waals surface area contributed by atoms with Crippen LogP contribution in [0, 0.1) is 0 Å². The number of amides is 1. The van der Waals surface area contributed by atoms with Gasteiger partial charge in [-0.2, -0.15) is 0 Å². The predicted octanol–water partition coefficient (Wildman–Crippen LogP) is 1.01. The van der Waals surface area contributed by atoms with Crippen molar-refractivity contribution in [1.82, 2.24) is 20.2 Å². The Balaban J connectivity index is 1.78. The summed E-state index contributed by atoms with van der Waals surface area (Å²) in [5.41, 5.74) is 0.990. The van der Waals surface area contributed by atoms with Crippen LogP contribution in [-0.2, 0) is 11.3 Å². The molecule has 20 heavy (non-hydrogen) atoms. The van der Waals surface area contributed by atoms with E-state index < -0.39 is 0 Å². The number of rotatable bonds is 5. The fourth-order valence-corrected chi connectivity index (χ4v) is 2.46. The molecule has 1 fully saturated rings. The van der Waals surface area contributed by atoms with E-state index in [2.05, 4.69) is 25.5 Å². The van der Waals surface area contributed by atoms with E-state index in [0.29, 0.717) is 6.04 Å². The molecule has 1 aromatic heterocycles. The number of carbonyl (C=O) groups excluding carboxylic acids is 1. The Morgan fingerprint density at radius 3 is 2.65 bits per heavy atom. The fourth-order valence-electron chi connectivity index (χ4n) is 2.46. The summed E-state index contributed by atoms with van der Waals surface area (Å²) < 4.78 is 0. The van der Waals surface area contributed by atoms with Gasteiger partial charge in [0.2, 0.25) is 5.91 Å². The highest BCUT2D eigenvalue weighted by Crippen LogP contribution is 2.13. The molecule has 0 saturated carbocycles. The molecule has 1 aliphatic heterocycles. The molecule has 0 aliphatic carbocycles. The van der Waals surface area contributed by atoms with E-state index in [0.717, 1.165) is 50.5 Å². The smallest absolute Gasteiger partial charge is 0.217 e. The summed E-state index contributed by atoms with van der Waals surface area (Å²) in [7, 11) is 0. The van der Waals surface area contributed by atoms with Gasteiger partial charge >= 0.3 is 0 Å². The van der Waals surface area contributed by atoms with Gasteiger partial charge in [-0.25, -0.2) is 4.98 Å². The third kappa shape index (κ3) is 4.45. The van der Waals surface area contributed by atoms with Crippen LogP contribution < -0.4 is 10.6 Å². The Bertz CT molecular complexity index is 426. The molecule has 6 heteroatoms. The SMILES string of the molecule is CCNc1cnc(CN2CCC(NC(C)=O)CC2)cn1.